The fourth-order valence-electron chi connectivity index (χ4n) is 1.57. The van der Waals surface area contributed by atoms with Gasteiger partial charge in [0.2, 0.25) is 0 Å². The van der Waals surface area contributed by atoms with E-state index in [2.05, 4.69) is 5.32 Å². The number of carboxylic acid groups (broad SMARTS) is 2. The van der Waals surface area contributed by atoms with E-state index in [1.807, 2.05) is 31.2 Å². The highest BCUT2D eigenvalue weighted by molar-refractivity contribution is 5.80. The number of aryl methyl sites for hydroxylation is 1. The van der Waals surface area contributed by atoms with Crippen molar-refractivity contribution in [2.45, 2.75) is 25.8 Å². The maximum atomic E-state index is 10.8. The first-order chi connectivity index (χ1) is 8.49. The van der Waals surface area contributed by atoms with E-state index in [-0.39, 0.29) is 0 Å². The predicted molar refractivity (Wildman–Crippen MR) is 66.6 cm³/mol. The van der Waals surface area contributed by atoms with Crippen LogP contribution in [0.2, 0.25) is 0 Å². The van der Waals surface area contributed by atoms with Crippen LogP contribution in [0, 0.1) is 6.92 Å². The van der Waals surface area contributed by atoms with Gasteiger partial charge in [0, 0.05) is 0 Å². The van der Waals surface area contributed by atoms with Crippen LogP contribution in [0.15, 0.2) is 24.3 Å². The lowest BCUT2D eigenvalue weighted by molar-refractivity contribution is -0.145. The van der Waals surface area contributed by atoms with E-state index in [0.29, 0.717) is 13.0 Å². The second kappa shape index (κ2) is 6.76. The molecule has 0 bridgehead atoms. The van der Waals surface area contributed by atoms with Crippen LogP contribution in [0.3, 0.4) is 0 Å². The molecule has 0 aliphatic heterocycles. The third-order valence-electron chi connectivity index (χ3n) is 2.60. The Hall–Kier alpha value is -1.88. The Kier molecular flexibility index (Phi) is 5.32. The molecule has 18 heavy (non-hydrogen) atoms. The second-order valence-corrected chi connectivity index (χ2v) is 4.18. The summed E-state index contributed by atoms with van der Waals surface area (Å²) >= 11 is 0. The Bertz CT molecular complexity index is 414. The van der Waals surface area contributed by atoms with Gasteiger partial charge >= 0.3 is 11.9 Å². The number of nitrogens with one attached hydrogen (secondary N) is 1. The van der Waals surface area contributed by atoms with Crippen LogP contribution in [0.5, 0.6) is 0 Å². The SMILES string of the molecule is Cc1ccc(CCNC(CC(=O)O)C(=O)O)cc1. The highest BCUT2D eigenvalue weighted by Crippen LogP contribution is 2.03. The summed E-state index contributed by atoms with van der Waals surface area (Å²) in [7, 11) is 0. The monoisotopic (exact) mass is 251 g/mol. The number of carboxylic acids is 2. The molecule has 0 aliphatic rings. The van der Waals surface area contributed by atoms with Gasteiger partial charge in [-0.25, -0.2) is 0 Å². The largest absolute Gasteiger partial charge is 0.481 e. The van der Waals surface area contributed by atoms with Crippen LogP contribution in [-0.2, 0) is 16.0 Å². The van der Waals surface area contributed by atoms with E-state index in [4.69, 9.17) is 10.2 Å². The van der Waals surface area contributed by atoms with E-state index in [9.17, 15) is 9.59 Å². The standard InChI is InChI=1S/C13H17NO4/c1-9-2-4-10(5-3-9)6-7-14-11(13(17)18)8-12(15)16/h2-5,11,14H,6-8H2,1H3,(H,15,16)(H,17,18). The fourth-order valence-corrected chi connectivity index (χ4v) is 1.57. The lowest BCUT2D eigenvalue weighted by atomic mass is 10.1. The summed E-state index contributed by atoms with van der Waals surface area (Å²) in [5.41, 5.74) is 2.26. The Morgan fingerprint density at radius 3 is 2.33 bits per heavy atom. The summed E-state index contributed by atoms with van der Waals surface area (Å²) in [5.74, 6) is -2.26. The molecule has 0 spiro atoms. The van der Waals surface area contributed by atoms with Crippen molar-refractivity contribution < 1.29 is 19.8 Å². The molecular formula is C13H17NO4. The first kappa shape index (κ1) is 14.2. The number of rotatable bonds is 7. The summed E-state index contributed by atoms with van der Waals surface area (Å²) in [4.78, 5) is 21.3. The fraction of sp³-hybridized carbons (Fsp3) is 0.385. The third-order valence-corrected chi connectivity index (χ3v) is 2.60. The molecule has 5 heteroatoms. The molecule has 1 atom stereocenters. The molecular weight excluding hydrogens is 234 g/mol. The van der Waals surface area contributed by atoms with Crippen molar-refractivity contribution in [1.82, 2.24) is 5.32 Å². The van der Waals surface area contributed by atoms with Gasteiger partial charge in [-0.1, -0.05) is 29.8 Å². The normalized spacial score (nSPS) is 12.1. The molecule has 1 rings (SSSR count). The molecule has 0 fully saturated rings. The van der Waals surface area contributed by atoms with Gasteiger partial charge in [0.25, 0.3) is 0 Å². The Morgan fingerprint density at radius 2 is 1.83 bits per heavy atom. The zero-order valence-corrected chi connectivity index (χ0v) is 10.2. The van der Waals surface area contributed by atoms with Crippen molar-refractivity contribution in [3.63, 3.8) is 0 Å². The minimum absolute atomic E-state index is 0.413. The lowest BCUT2D eigenvalue weighted by Crippen LogP contribution is -2.39. The Labute approximate surface area is 105 Å². The average molecular weight is 251 g/mol. The van der Waals surface area contributed by atoms with Crippen molar-refractivity contribution in [2.24, 2.45) is 0 Å². The van der Waals surface area contributed by atoms with Gasteiger partial charge in [0.05, 0.1) is 6.42 Å². The predicted octanol–water partition coefficient (Wildman–Crippen LogP) is 1.06. The molecule has 0 saturated heterocycles. The molecule has 1 unspecified atom stereocenters. The van der Waals surface area contributed by atoms with Gasteiger partial charge in [0.15, 0.2) is 0 Å². The molecule has 98 valence electrons. The van der Waals surface area contributed by atoms with Crippen LogP contribution in [-0.4, -0.2) is 34.7 Å². The summed E-state index contributed by atoms with van der Waals surface area (Å²) in [6.45, 7) is 2.43. The zero-order chi connectivity index (χ0) is 13.5. The summed E-state index contributed by atoms with van der Waals surface area (Å²) in [6, 6.07) is 6.89. The van der Waals surface area contributed by atoms with E-state index in [0.717, 1.165) is 5.56 Å². The van der Waals surface area contributed by atoms with E-state index in [1.165, 1.54) is 5.56 Å². The molecule has 1 aromatic rings. The third kappa shape index (κ3) is 4.97. The van der Waals surface area contributed by atoms with Crippen LogP contribution >= 0.6 is 0 Å². The molecule has 5 nitrogen and oxygen atoms in total. The van der Waals surface area contributed by atoms with Gasteiger partial charge in [0.1, 0.15) is 6.04 Å². The van der Waals surface area contributed by atoms with Crippen molar-refractivity contribution in [2.75, 3.05) is 6.54 Å². The van der Waals surface area contributed by atoms with Gasteiger partial charge in [-0.15, -0.1) is 0 Å². The van der Waals surface area contributed by atoms with Crippen molar-refractivity contribution in [3.05, 3.63) is 35.4 Å². The number of carbonyl (C=O) groups is 2. The number of hydrogen-bond acceptors (Lipinski definition) is 3. The quantitative estimate of drug-likeness (QED) is 0.674. The lowest BCUT2D eigenvalue weighted by Gasteiger charge is -2.12. The number of benzene rings is 1. The van der Waals surface area contributed by atoms with Crippen LogP contribution < -0.4 is 5.32 Å². The molecule has 0 amide bonds. The molecule has 3 N–H and O–H groups in total. The van der Waals surface area contributed by atoms with Crippen LogP contribution in [0.1, 0.15) is 17.5 Å². The van der Waals surface area contributed by atoms with Crippen LogP contribution in [0.4, 0.5) is 0 Å². The highest BCUT2D eigenvalue weighted by Gasteiger charge is 2.19. The molecule has 1 aromatic carbocycles. The molecule has 0 radical (unpaired) electrons. The van der Waals surface area contributed by atoms with Crippen LogP contribution in [0.25, 0.3) is 0 Å². The average Bonchev–Trinajstić information content (AvgIpc) is 2.29. The highest BCUT2D eigenvalue weighted by atomic mass is 16.4. The maximum absolute atomic E-state index is 10.8. The number of hydrogen-bond donors (Lipinski definition) is 3. The van der Waals surface area contributed by atoms with Gasteiger partial charge in [-0.2, -0.15) is 0 Å². The van der Waals surface area contributed by atoms with Crippen molar-refractivity contribution in [3.8, 4) is 0 Å². The molecule has 0 aliphatic carbocycles. The van der Waals surface area contributed by atoms with Gasteiger partial charge < -0.3 is 15.5 Å². The minimum atomic E-state index is -1.14. The van der Waals surface area contributed by atoms with E-state index < -0.39 is 24.4 Å². The van der Waals surface area contributed by atoms with Crippen molar-refractivity contribution >= 4 is 11.9 Å². The minimum Gasteiger partial charge on any atom is -0.481 e. The summed E-state index contributed by atoms with van der Waals surface area (Å²) in [5, 5.41) is 20.1. The van der Waals surface area contributed by atoms with Gasteiger partial charge in [-0.3, -0.25) is 9.59 Å². The van der Waals surface area contributed by atoms with E-state index in [1.54, 1.807) is 0 Å². The second-order valence-electron chi connectivity index (χ2n) is 4.18. The first-order valence-corrected chi connectivity index (χ1v) is 5.72. The number of aliphatic carboxylic acids is 2. The Morgan fingerprint density at radius 1 is 1.22 bits per heavy atom. The molecule has 0 aromatic heterocycles. The van der Waals surface area contributed by atoms with Crippen molar-refractivity contribution in [1.29, 1.82) is 0 Å². The van der Waals surface area contributed by atoms with Gasteiger partial charge in [-0.05, 0) is 25.5 Å². The van der Waals surface area contributed by atoms with E-state index >= 15 is 0 Å². The summed E-state index contributed by atoms with van der Waals surface area (Å²) in [6.07, 6.45) is 0.257. The Balaban J connectivity index is 2.41. The molecule has 0 heterocycles. The zero-order valence-electron chi connectivity index (χ0n) is 10.2. The molecule has 0 saturated carbocycles. The summed E-state index contributed by atoms with van der Waals surface area (Å²) < 4.78 is 0. The smallest absolute Gasteiger partial charge is 0.321 e. The topological polar surface area (TPSA) is 86.6 Å². The first-order valence-electron chi connectivity index (χ1n) is 5.72. The maximum Gasteiger partial charge on any atom is 0.321 e.